The van der Waals surface area contributed by atoms with Crippen LogP contribution in [0.2, 0.25) is 0 Å². The van der Waals surface area contributed by atoms with Crippen molar-refractivity contribution in [3.63, 3.8) is 0 Å². The molecule has 0 amide bonds. The van der Waals surface area contributed by atoms with Crippen molar-refractivity contribution >= 4 is 23.3 Å². The summed E-state index contributed by atoms with van der Waals surface area (Å²) in [6.07, 6.45) is 1.01. The van der Waals surface area contributed by atoms with Crippen LogP contribution in [0.5, 0.6) is 0 Å². The fraction of sp³-hybridized carbons (Fsp3) is 0.348. The second kappa shape index (κ2) is 10.8. The maximum absolute atomic E-state index is 13.2. The van der Waals surface area contributed by atoms with Crippen molar-refractivity contribution < 1.29 is 9.13 Å². The zero-order valence-electron chi connectivity index (χ0n) is 18.0. The van der Waals surface area contributed by atoms with Gasteiger partial charge in [-0.05, 0) is 42.8 Å². The molecule has 1 aromatic heterocycles. The highest BCUT2D eigenvalue weighted by atomic mass is 19.1. The summed E-state index contributed by atoms with van der Waals surface area (Å²) >= 11 is 0. The van der Waals surface area contributed by atoms with Gasteiger partial charge in [0, 0.05) is 37.6 Å². The quantitative estimate of drug-likeness (QED) is 0.528. The number of anilines is 4. The van der Waals surface area contributed by atoms with E-state index in [1.807, 2.05) is 18.2 Å². The average Bonchev–Trinajstić information content (AvgIpc) is 2.81. The molecule has 32 heavy (non-hydrogen) atoms. The van der Waals surface area contributed by atoms with Gasteiger partial charge < -0.3 is 20.7 Å². The highest BCUT2D eigenvalue weighted by molar-refractivity contribution is 5.53. The average molecular weight is 438 g/mol. The van der Waals surface area contributed by atoms with E-state index in [4.69, 9.17) is 10.5 Å². The number of nitrogens with one attached hydrogen (secondary N) is 1. The van der Waals surface area contributed by atoms with Crippen LogP contribution in [-0.4, -0.2) is 59.2 Å². The van der Waals surface area contributed by atoms with Crippen molar-refractivity contribution in [3.05, 3.63) is 66.2 Å². The number of nitrogen functional groups attached to an aromatic ring is 1. The van der Waals surface area contributed by atoms with E-state index in [9.17, 15) is 4.39 Å². The summed E-state index contributed by atoms with van der Waals surface area (Å²) in [5.41, 5.74) is 7.72. The van der Waals surface area contributed by atoms with Crippen LogP contribution in [-0.2, 0) is 11.3 Å². The van der Waals surface area contributed by atoms with Gasteiger partial charge in [-0.15, -0.1) is 0 Å². The molecule has 9 heteroatoms. The summed E-state index contributed by atoms with van der Waals surface area (Å²) in [6.45, 7) is 5.93. The largest absolute Gasteiger partial charge is 0.379 e. The van der Waals surface area contributed by atoms with Crippen LogP contribution in [0.25, 0.3) is 0 Å². The lowest BCUT2D eigenvalue weighted by molar-refractivity contribution is 0.0376. The van der Waals surface area contributed by atoms with Crippen molar-refractivity contribution in [2.45, 2.75) is 13.0 Å². The molecular weight excluding hydrogens is 409 g/mol. The number of aromatic nitrogens is 3. The molecule has 8 nitrogen and oxygen atoms in total. The van der Waals surface area contributed by atoms with E-state index >= 15 is 0 Å². The van der Waals surface area contributed by atoms with Crippen molar-refractivity contribution in [1.29, 1.82) is 0 Å². The van der Waals surface area contributed by atoms with Crippen LogP contribution in [0.4, 0.5) is 27.7 Å². The molecule has 1 fully saturated rings. The fourth-order valence-electron chi connectivity index (χ4n) is 3.65. The third-order valence-corrected chi connectivity index (χ3v) is 5.26. The predicted octanol–water partition coefficient (Wildman–Crippen LogP) is 3.07. The maximum Gasteiger partial charge on any atom is 0.232 e. The Bertz CT molecular complexity index is 981. The lowest BCUT2D eigenvalue weighted by Crippen LogP contribution is -2.38. The van der Waals surface area contributed by atoms with E-state index in [-0.39, 0.29) is 11.8 Å². The van der Waals surface area contributed by atoms with Crippen LogP contribution in [0.15, 0.2) is 54.6 Å². The molecule has 0 spiro atoms. The normalized spacial score (nSPS) is 14.3. The number of para-hydroxylation sites is 1. The molecule has 1 aliphatic rings. The van der Waals surface area contributed by atoms with Gasteiger partial charge in [0.1, 0.15) is 5.82 Å². The molecule has 0 bridgehead atoms. The van der Waals surface area contributed by atoms with E-state index in [1.54, 1.807) is 12.1 Å². The molecule has 0 radical (unpaired) electrons. The van der Waals surface area contributed by atoms with Gasteiger partial charge in [-0.25, -0.2) is 4.39 Å². The van der Waals surface area contributed by atoms with Gasteiger partial charge in [-0.3, -0.25) is 4.90 Å². The minimum absolute atomic E-state index is 0.140. The second-order valence-corrected chi connectivity index (χ2v) is 7.63. The number of hydrogen-bond acceptors (Lipinski definition) is 8. The smallest absolute Gasteiger partial charge is 0.232 e. The number of benzene rings is 2. The van der Waals surface area contributed by atoms with Gasteiger partial charge in [-0.2, -0.15) is 15.0 Å². The molecule has 3 aromatic rings. The first-order valence-corrected chi connectivity index (χ1v) is 10.8. The van der Waals surface area contributed by atoms with Gasteiger partial charge in [0.25, 0.3) is 0 Å². The number of rotatable bonds is 9. The third kappa shape index (κ3) is 6.35. The molecule has 0 aliphatic carbocycles. The van der Waals surface area contributed by atoms with Gasteiger partial charge in [0.2, 0.25) is 11.9 Å². The van der Waals surface area contributed by atoms with Crippen LogP contribution in [0.3, 0.4) is 0 Å². The monoisotopic (exact) mass is 437 g/mol. The standard InChI is InChI=1S/C23H28FN7O/c24-18-7-9-19(10-8-18)26-23-28-21(27-22(25)29-23)17-31(20-5-2-1-3-6-20)12-4-11-30-13-15-32-16-14-30/h1-3,5-10H,4,11-17H2,(H3,25,26,27,28,29). The SMILES string of the molecule is Nc1nc(CN(CCCN2CCOCC2)c2ccccc2)nc(Nc2ccc(F)cc2)n1. The van der Waals surface area contributed by atoms with E-state index < -0.39 is 0 Å². The number of ether oxygens (including phenoxy) is 1. The number of hydrogen-bond donors (Lipinski definition) is 2. The lowest BCUT2D eigenvalue weighted by Gasteiger charge is -2.29. The van der Waals surface area contributed by atoms with E-state index in [0.717, 1.165) is 51.5 Å². The summed E-state index contributed by atoms with van der Waals surface area (Å²) in [6, 6.07) is 16.2. The first-order chi connectivity index (χ1) is 15.7. The van der Waals surface area contributed by atoms with E-state index in [0.29, 0.717) is 24.0 Å². The Balaban J connectivity index is 1.45. The Morgan fingerprint density at radius 2 is 1.75 bits per heavy atom. The molecule has 0 unspecified atom stereocenters. The van der Waals surface area contributed by atoms with Crippen molar-refractivity contribution in [2.24, 2.45) is 0 Å². The summed E-state index contributed by atoms with van der Waals surface area (Å²) in [4.78, 5) is 17.7. The zero-order chi connectivity index (χ0) is 22.2. The Morgan fingerprint density at radius 1 is 1.00 bits per heavy atom. The maximum atomic E-state index is 13.2. The van der Waals surface area contributed by atoms with E-state index in [1.165, 1.54) is 12.1 Å². The van der Waals surface area contributed by atoms with Crippen molar-refractivity contribution in [3.8, 4) is 0 Å². The van der Waals surface area contributed by atoms with Gasteiger partial charge >= 0.3 is 0 Å². The number of halogens is 1. The number of morpholine rings is 1. The minimum atomic E-state index is -0.304. The fourth-order valence-corrected chi connectivity index (χ4v) is 3.65. The molecule has 0 atom stereocenters. The predicted molar refractivity (Wildman–Crippen MR) is 123 cm³/mol. The molecular formula is C23H28FN7O. The van der Waals surface area contributed by atoms with Crippen LogP contribution in [0.1, 0.15) is 12.2 Å². The molecule has 2 heterocycles. The number of nitrogens with two attached hydrogens (primary N) is 1. The molecule has 3 N–H and O–H groups in total. The Labute approximate surface area is 187 Å². The molecule has 1 aliphatic heterocycles. The Morgan fingerprint density at radius 3 is 2.50 bits per heavy atom. The van der Waals surface area contributed by atoms with Gasteiger partial charge in [0.15, 0.2) is 5.82 Å². The van der Waals surface area contributed by atoms with Crippen LogP contribution in [0, 0.1) is 5.82 Å². The van der Waals surface area contributed by atoms with E-state index in [2.05, 4.69) is 42.2 Å². The van der Waals surface area contributed by atoms with Crippen molar-refractivity contribution in [1.82, 2.24) is 19.9 Å². The molecule has 4 rings (SSSR count). The minimum Gasteiger partial charge on any atom is -0.379 e. The lowest BCUT2D eigenvalue weighted by atomic mass is 10.2. The first kappa shape index (κ1) is 21.9. The molecule has 168 valence electrons. The Hall–Kier alpha value is -3.30. The highest BCUT2D eigenvalue weighted by Gasteiger charge is 2.14. The summed E-state index contributed by atoms with van der Waals surface area (Å²) in [5.74, 6) is 0.737. The van der Waals surface area contributed by atoms with Gasteiger partial charge in [-0.1, -0.05) is 18.2 Å². The third-order valence-electron chi connectivity index (χ3n) is 5.26. The molecule has 1 saturated heterocycles. The first-order valence-electron chi connectivity index (χ1n) is 10.8. The summed E-state index contributed by atoms with van der Waals surface area (Å²) in [7, 11) is 0. The topological polar surface area (TPSA) is 92.4 Å². The van der Waals surface area contributed by atoms with Crippen LogP contribution < -0.4 is 16.0 Å². The second-order valence-electron chi connectivity index (χ2n) is 7.63. The van der Waals surface area contributed by atoms with Crippen molar-refractivity contribution in [2.75, 3.05) is 55.3 Å². The summed E-state index contributed by atoms with van der Waals surface area (Å²) < 4.78 is 18.6. The number of nitrogens with zero attached hydrogens (tertiary/aromatic N) is 5. The molecule has 2 aromatic carbocycles. The Kier molecular flexibility index (Phi) is 7.42. The zero-order valence-corrected chi connectivity index (χ0v) is 18.0. The van der Waals surface area contributed by atoms with Crippen LogP contribution >= 0.6 is 0 Å². The highest BCUT2D eigenvalue weighted by Crippen LogP contribution is 2.18. The summed E-state index contributed by atoms with van der Waals surface area (Å²) in [5, 5.41) is 3.07. The van der Waals surface area contributed by atoms with Gasteiger partial charge in [0.05, 0.1) is 19.8 Å². The molecule has 0 saturated carbocycles.